The van der Waals surface area contributed by atoms with Gasteiger partial charge in [-0.15, -0.1) is 24.0 Å². The second-order valence-corrected chi connectivity index (χ2v) is 6.61. The van der Waals surface area contributed by atoms with Crippen LogP contribution in [0.1, 0.15) is 38.5 Å². The molecule has 0 atom stereocenters. The van der Waals surface area contributed by atoms with Crippen molar-refractivity contribution in [2.75, 3.05) is 40.8 Å². The third-order valence-electron chi connectivity index (χ3n) is 4.84. The number of nitrogens with one attached hydrogen (secondary N) is 2. The number of piperidine rings is 1. The maximum Gasteiger partial charge on any atom is 0.241 e. The van der Waals surface area contributed by atoms with Gasteiger partial charge < -0.3 is 20.4 Å². The van der Waals surface area contributed by atoms with Crippen LogP contribution < -0.4 is 10.6 Å². The number of carbonyl (C=O) groups excluding carboxylic acids is 1. The molecular formula is C16H32IN5O. The average Bonchev–Trinajstić information content (AvgIpc) is 3.06. The van der Waals surface area contributed by atoms with E-state index in [2.05, 4.69) is 20.5 Å². The first-order valence-corrected chi connectivity index (χ1v) is 8.51. The van der Waals surface area contributed by atoms with Crippen molar-refractivity contribution in [1.82, 2.24) is 20.4 Å². The third kappa shape index (κ3) is 6.45. The highest BCUT2D eigenvalue weighted by Crippen LogP contribution is 2.26. The molecule has 134 valence electrons. The van der Waals surface area contributed by atoms with Crippen LogP contribution in [0.5, 0.6) is 0 Å². The minimum Gasteiger partial charge on any atom is -0.354 e. The molecule has 1 saturated heterocycles. The maximum absolute atomic E-state index is 11.6. The predicted molar refractivity (Wildman–Crippen MR) is 105 cm³/mol. The molecule has 1 heterocycles. The van der Waals surface area contributed by atoms with E-state index in [-0.39, 0.29) is 36.4 Å². The molecule has 0 aromatic carbocycles. The summed E-state index contributed by atoms with van der Waals surface area (Å²) in [6.45, 7) is 2.64. The highest BCUT2D eigenvalue weighted by atomic mass is 127. The Kier molecular flexibility index (Phi) is 9.19. The van der Waals surface area contributed by atoms with Crippen molar-refractivity contribution in [3.63, 3.8) is 0 Å². The Morgan fingerprint density at radius 3 is 2.30 bits per heavy atom. The van der Waals surface area contributed by atoms with E-state index >= 15 is 0 Å². The summed E-state index contributed by atoms with van der Waals surface area (Å²) in [5, 5.41) is 6.55. The second-order valence-electron chi connectivity index (χ2n) is 6.61. The Bertz CT molecular complexity index is 388. The first-order valence-electron chi connectivity index (χ1n) is 8.51. The average molecular weight is 437 g/mol. The van der Waals surface area contributed by atoms with Crippen LogP contribution in [0.25, 0.3) is 0 Å². The van der Waals surface area contributed by atoms with Gasteiger partial charge in [-0.1, -0.05) is 12.8 Å². The Balaban J connectivity index is 0.00000264. The first kappa shape index (κ1) is 20.5. The molecule has 0 bridgehead atoms. The highest BCUT2D eigenvalue weighted by Gasteiger charge is 2.27. The lowest BCUT2D eigenvalue weighted by Crippen LogP contribution is -2.51. The van der Waals surface area contributed by atoms with Crippen LogP contribution in [-0.4, -0.2) is 74.5 Å². The molecule has 0 aromatic heterocycles. The molecule has 6 nitrogen and oxygen atoms in total. The van der Waals surface area contributed by atoms with E-state index in [0.29, 0.717) is 6.04 Å². The molecule has 1 aliphatic carbocycles. The van der Waals surface area contributed by atoms with Crippen molar-refractivity contribution in [3.8, 4) is 0 Å². The first-order chi connectivity index (χ1) is 10.6. The second kappa shape index (κ2) is 10.3. The number of carbonyl (C=O) groups is 1. The number of guanidine groups is 1. The van der Waals surface area contributed by atoms with E-state index in [9.17, 15) is 4.79 Å². The Morgan fingerprint density at radius 2 is 1.78 bits per heavy atom. The fourth-order valence-electron chi connectivity index (χ4n) is 3.38. The van der Waals surface area contributed by atoms with Crippen molar-refractivity contribution in [2.24, 2.45) is 4.99 Å². The van der Waals surface area contributed by atoms with Crippen molar-refractivity contribution in [2.45, 2.75) is 50.6 Å². The number of nitrogens with zero attached hydrogens (tertiary/aromatic N) is 3. The van der Waals surface area contributed by atoms with Gasteiger partial charge in [-0.3, -0.25) is 9.79 Å². The zero-order valence-corrected chi connectivity index (χ0v) is 17.0. The van der Waals surface area contributed by atoms with Gasteiger partial charge in [0.25, 0.3) is 0 Å². The van der Waals surface area contributed by atoms with E-state index in [0.717, 1.165) is 24.8 Å². The normalized spacial score (nSPS) is 20.9. The molecule has 23 heavy (non-hydrogen) atoms. The van der Waals surface area contributed by atoms with Crippen LogP contribution in [0.15, 0.2) is 4.99 Å². The minimum absolute atomic E-state index is 0. The third-order valence-corrected chi connectivity index (χ3v) is 4.84. The van der Waals surface area contributed by atoms with E-state index < -0.39 is 0 Å². The van der Waals surface area contributed by atoms with Crippen LogP contribution in [0.2, 0.25) is 0 Å². The van der Waals surface area contributed by atoms with Gasteiger partial charge in [-0.2, -0.15) is 0 Å². The van der Waals surface area contributed by atoms with Crippen LogP contribution in [-0.2, 0) is 4.79 Å². The van der Waals surface area contributed by atoms with Crippen LogP contribution in [0.4, 0.5) is 0 Å². The van der Waals surface area contributed by atoms with Crippen molar-refractivity contribution in [3.05, 3.63) is 0 Å². The Hall–Kier alpha value is -0.570. The fraction of sp³-hybridized carbons (Fsp3) is 0.875. The van der Waals surface area contributed by atoms with E-state index in [1.54, 1.807) is 26.0 Å². The smallest absolute Gasteiger partial charge is 0.241 e. The molecule has 0 unspecified atom stereocenters. The number of amides is 1. The standard InChI is InChI=1S/C16H31N5O.HI/c1-17-16(18-12-15(22)20(2)3)19-13-8-10-21(11-9-13)14-6-4-5-7-14;/h13-14H,4-12H2,1-3H3,(H2,17,18,19);1H. The van der Waals surface area contributed by atoms with Crippen LogP contribution >= 0.6 is 24.0 Å². The summed E-state index contributed by atoms with van der Waals surface area (Å²) in [6, 6.07) is 1.29. The molecule has 0 aromatic rings. The molecule has 0 spiro atoms. The topological polar surface area (TPSA) is 60.0 Å². The number of hydrogen-bond donors (Lipinski definition) is 2. The minimum atomic E-state index is 0. The fourth-order valence-corrected chi connectivity index (χ4v) is 3.38. The van der Waals surface area contributed by atoms with E-state index in [4.69, 9.17) is 0 Å². The zero-order chi connectivity index (χ0) is 15.9. The summed E-state index contributed by atoms with van der Waals surface area (Å²) < 4.78 is 0. The molecule has 1 aliphatic heterocycles. The zero-order valence-electron chi connectivity index (χ0n) is 14.7. The molecule has 2 N–H and O–H groups in total. The monoisotopic (exact) mass is 437 g/mol. The Labute approximate surface area is 157 Å². The summed E-state index contributed by atoms with van der Waals surface area (Å²) in [7, 11) is 5.28. The van der Waals surface area contributed by atoms with Gasteiger partial charge in [-0.25, -0.2) is 0 Å². The van der Waals surface area contributed by atoms with Crippen LogP contribution in [0.3, 0.4) is 0 Å². The largest absolute Gasteiger partial charge is 0.354 e. The molecule has 2 aliphatic rings. The molecule has 2 rings (SSSR count). The summed E-state index contributed by atoms with van der Waals surface area (Å²) in [4.78, 5) is 20.1. The number of rotatable bonds is 4. The molecular weight excluding hydrogens is 405 g/mol. The van der Waals surface area contributed by atoms with Gasteiger partial charge in [0, 0.05) is 46.3 Å². The van der Waals surface area contributed by atoms with Gasteiger partial charge in [-0.05, 0) is 25.7 Å². The predicted octanol–water partition coefficient (Wildman–Crippen LogP) is 1.26. The summed E-state index contributed by atoms with van der Waals surface area (Å²) >= 11 is 0. The lowest BCUT2D eigenvalue weighted by Gasteiger charge is -2.36. The number of halogens is 1. The summed E-state index contributed by atoms with van der Waals surface area (Å²) in [5.41, 5.74) is 0. The Morgan fingerprint density at radius 1 is 1.17 bits per heavy atom. The summed E-state index contributed by atoms with van der Waals surface area (Å²) in [6.07, 6.45) is 7.87. The van der Waals surface area contributed by atoms with Gasteiger partial charge in [0.2, 0.25) is 5.91 Å². The van der Waals surface area contributed by atoms with Crippen molar-refractivity contribution in [1.29, 1.82) is 0 Å². The van der Waals surface area contributed by atoms with Crippen molar-refractivity contribution >= 4 is 35.8 Å². The van der Waals surface area contributed by atoms with Gasteiger partial charge in [0.15, 0.2) is 5.96 Å². The number of aliphatic imine (C=N–C) groups is 1. The van der Waals surface area contributed by atoms with Crippen LogP contribution in [0, 0.1) is 0 Å². The quantitative estimate of drug-likeness (QED) is 0.395. The SMILES string of the molecule is CN=C(NCC(=O)N(C)C)NC1CCN(C2CCCC2)CC1.I. The molecule has 2 fully saturated rings. The number of likely N-dealkylation sites (tertiary alicyclic amines) is 1. The molecule has 1 amide bonds. The number of hydrogen-bond acceptors (Lipinski definition) is 3. The molecule has 1 saturated carbocycles. The highest BCUT2D eigenvalue weighted by molar-refractivity contribution is 14.0. The van der Waals surface area contributed by atoms with Crippen molar-refractivity contribution < 1.29 is 4.79 Å². The van der Waals surface area contributed by atoms with Gasteiger partial charge in [0.1, 0.15) is 0 Å². The van der Waals surface area contributed by atoms with E-state index in [1.807, 2.05) is 0 Å². The molecule has 0 radical (unpaired) electrons. The lowest BCUT2D eigenvalue weighted by atomic mass is 10.0. The van der Waals surface area contributed by atoms with Gasteiger partial charge >= 0.3 is 0 Å². The number of likely N-dealkylation sites (N-methyl/N-ethyl adjacent to an activating group) is 1. The van der Waals surface area contributed by atoms with Gasteiger partial charge in [0.05, 0.1) is 6.54 Å². The maximum atomic E-state index is 11.6. The summed E-state index contributed by atoms with van der Waals surface area (Å²) in [5.74, 6) is 0.786. The van der Waals surface area contributed by atoms with E-state index in [1.165, 1.54) is 38.8 Å². The lowest BCUT2D eigenvalue weighted by molar-refractivity contribution is -0.127. The molecule has 7 heteroatoms.